The molecule has 3 nitrogen and oxygen atoms in total. The number of carbonyl (C=O) groups excluding carboxylic acids is 1. The van der Waals surface area contributed by atoms with E-state index in [4.69, 9.17) is 0 Å². The van der Waals surface area contributed by atoms with Crippen LogP contribution >= 0.6 is 0 Å². The molecule has 0 saturated heterocycles. The fourth-order valence-corrected chi connectivity index (χ4v) is 3.44. The highest BCUT2D eigenvalue weighted by Crippen LogP contribution is 2.24. The van der Waals surface area contributed by atoms with Crippen LogP contribution in [0.25, 0.3) is 5.57 Å². The van der Waals surface area contributed by atoms with E-state index < -0.39 is 6.10 Å². The van der Waals surface area contributed by atoms with Crippen LogP contribution in [-0.4, -0.2) is 36.1 Å². The first kappa shape index (κ1) is 22.9. The van der Waals surface area contributed by atoms with Crippen LogP contribution in [-0.2, 0) is 6.42 Å². The molecular weight excluding hydrogens is 358 g/mol. The zero-order valence-corrected chi connectivity index (χ0v) is 18.1. The van der Waals surface area contributed by atoms with Crippen LogP contribution in [0.4, 0.5) is 0 Å². The minimum Gasteiger partial charge on any atom is -0.388 e. The highest BCUT2D eigenvalue weighted by Gasteiger charge is 2.15. The van der Waals surface area contributed by atoms with Crippen molar-refractivity contribution in [2.45, 2.75) is 58.0 Å². The monoisotopic (exact) mass is 393 g/mol. The third kappa shape index (κ3) is 7.51. The molecular formula is C26H35NO2. The summed E-state index contributed by atoms with van der Waals surface area (Å²) in [4.78, 5) is 13.7. The second kappa shape index (κ2) is 12.2. The summed E-state index contributed by atoms with van der Waals surface area (Å²) in [5.74, 6) is -0.00808. The lowest BCUT2D eigenvalue weighted by atomic mass is 9.93. The van der Waals surface area contributed by atoms with E-state index in [1.54, 1.807) is 19.0 Å². The van der Waals surface area contributed by atoms with E-state index in [9.17, 15) is 9.90 Å². The van der Waals surface area contributed by atoms with E-state index in [1.165, 1.54) is 24.8 Å². The number of nitrogens with zero attached hydrogens (tertiary/aromatic N) is 1. The number of unbranched alkanes of at least 4 members (excludes halogenated alkanes) is 4. The highest BCUT2D eigenvalue weighted by atomic mass is 16.3. The van der Waals surface area contributed by atoms with Gasteiger partial charge >= 0.3 is 0 Å². The molecule has 1 unspecified atom stereocenters. The molecule has 1 N–H and O–H groups in total. The first-order valence-electron chi connectivity index (χ1n) is 10.8. The van der Waals surface area contributed by atoms with Crippen molar-refractivity contribution in [3.63, 3.8) is 0 Å². The summed E-state index contributed by atoms with van der Waals surface area (Å²) in [6, 6.07) is 17.9. The van der Waals surface area contributed by atoms with Gasteiger partial charge in [0.25, 0.3) is 5.91 Å². The van der Waals surface area contributed by atoms with Crippen LogP contribution in [0.15, 0.2) is 60.7 Å². The number of benzene rings is 2. The zero-order chi connectivity index (χ0) is 21.1. The molecule has 2 rings (SSSR count). The number of amides is 1. The fourth-order valence-electron chi connectivity index (χ4n) is 3.44. The predicted molar refractivity (Wildman–Crippen MR) is 122 cm³/mol. The summed E-state index contributed by atoms with van der Waals surface area (Å²) >= 11 is 0. The Labute approximate surface area is 176 Å². The van der Waals surface area contributed by atoms with Gasteiger partial charge in [0.1, 0.15) is 0 Å². The number of hydrogen-bond acceptors (Lipinski definition) is 2. The van der Waals surface area contributed by atoms with Gasteiger partial charge in [-0.3, -0.25) is 4.79 Å². The first-order chi connectivity index (χ1) is 14.0. The lowest BCUT2D eigenvalue weighted by Crippen LogP contribution is -2.21. The summed E-state index contributed by atoms with van der Waals surface area (Å²) in [5.41, 5.74) is 3.87. The molecule has 0 aromatic heterocycles. The Kier molecular flexibility index (Phi) is 9.66. The molecule has 2 aromatic carbocycles. The van der Waals surface area contributed by atoms with Gasteiger partial charge in [0, 0.05) is 19.7 Å². The van der Waals surface area contributed by atoms with Crippen molar-refractivity contribution in [1.82, 2.24) is 4.90 Å². The van der Waals surface area contributed by atoms with Crippen LogP contribution in [0.3, 0.4) is 0 Å². The van der Waals surface area contributed by atoms with Crippen molar-refractivity contribution < 1.29 is 9.90 Å². The van der Waals surface area contributed by atoms with E-state index in [0.29, 0.717) is 12.0 Å². The number of allylic oxidation sites excluding steroid dienone is 1. The summed E-state index contributed by atoms with van der Waals surface area (Å²) in [5, 5.41) is 10.9. The number of aliphatic hydroxyl groups excluding tert-OH is 1. The van der Waals surface area contributed by atoms with Crippen molar-refractivity contribution >= 4 is 11.5 Å². The van der Waals surface area contributed by atoms with E-state index in [1.807, 2.05) is 42.5 Å². The Morgan fingerprint density at radius 3 is 2.24 bits per heavy atom. The number of aryl methyl sites for hydroxylation is 1. The number of aliphatic hydroxyl groups is 1. The van der Waals surface area contributed by atoms with Gasteiger partial charge < -0.3 is 10.0 Å². The molecule has 29 heavy (non-hydrogen) atoms. The van der Waals surface area contributed by atoms with Gasteiger partial charge in [-0.1, -0.05) is 74.7 Å². The van der Waals surface area contributed by atoms with E-state index >= 15 is 0 Å². The van der Waals surface area contributed by atoms with Crippen molar-refractivity contribution in [3.8, 4) is 0 Å². The second-order valence-electron chi connectivity index (χ2n) is 7.83. The highest BCUT2D eigenvalue weighted by molar-refractivity contribution is 5.94. The van der Waals surface area contributed by atoms with E-state index in [2.05, 4.69) is 25.1 Å². The molecule has 0 aliphatic carbocycles. The molecule has 0 radical (unpaired) electrons. The Morgan fingerprint density at radius 2 is 1.62 bits per heavy atom. The molecule has 1 amide bonds. The van der Waals surface area contributed by atoms with Gasteiger partial charge in [-0.05, 0) is 54.5 Å². The smallest absolute Gasteiger partial charge is 0.253 e. The van der Waals surface area contributed by atoms with Crippen LogP contribution in [0.1, 0.15) is 66.9 Å². The predicted octanol–water partition coefficient (Wildman–Crippen LogP) is 5.74. The molecule has 0 heterocycles. The maximum absolute atomic E-state index is 12.2. The van der Waals surface area contributed by atoms with Gasteiger partial charge in [-0.2, -0.15) is 0 Å². The summed E-state index contributed by atoms with van der Waals surface area (Å²) < 4.78 is 0. The third-order valence-electron chi connectivity index (χ3n) is 5.20. The van der Waals surface area contributed by atoms with Gasteiger partial charge in [-0.15, -0.1) is 0 Å². The average Bonchev–Trinajstić information content (AvgIpc) is 2.75. The Hall–Kier alpha value is -2.39. The average molecular weight is 394 g/mol. The normalized spacial score (nSPS) is 12.6. The minimum atomic E-state index is -0.517. The van der Waals surface area contributed by atoms with Gasteiger partial charge in [0.15, 0.2) is 0 Å². The molecule has 156 valence electrons. The van der Waals surface area contributed by atoms with Crippen molar-refractivity contribution in [3.05, 3.63) is 77.4 Å². The third-order valence-corrected chi connectivity index (χ3v) is 5.20. The van der Waals surface area contributed by atoms with Gasteiger partial charge in [0.2, 0.25) is 0 Å². The summed E-state index contributed by atoms with van der Waals surface area (Å²) in [6.45, 7) is 2.21. The Bertz CT molecular complexity index is 763. The quantitative estimate of drug-likeness (QED) is 0.495. The SMILES string of the molecule is CCCCCCC=C(c1ccc(C(=O)N(C)C)cc1)C(O)CCc1ccccc1. The molecule has 0 saturated carbocycles. The van der Waals surface area contributed by atoms with Crippen molar-refractivity contribution in [1.29, 1.82) is 0 Å². The molecule has 0 aliphatic rings. The van der Waals surface area contributed by atoms with Crippen molar-refractivity contribution in [2.24, 2.45) is 0 Å². The molecule has 0 spiro atoms. The number of rotatable bonds is 11. The van der Waals surface area contributed by atoms with Crippen LogP contribution < -0.4 is 0 Å². The largest absolute Gasteiger partial charge is 0.388 e. The summed E-state index contributed by atoms with van der Waals surface area (Å²) in [6.07, 6.45) is 8.99. The molecule has 0 bridgehead atoms. The first-order valence-corrected chi connectivity index (χ1v) is 10.8. The molecule has 2 aromatic rings. The number of carbonyl (C=O) groups is 1. The maximum Gasteiger partial charge on any atom is 0.253 e. The summed E-state index contributed by atoms with van der Waals surface area (Å²) in [7, 11) is 3.51. The molecule has 0 fully saturated rings. The van der Waals surface area contributed by atoms with E-state index in [-0.39, 0.29) is 5.91 Å². The lowest BCUT2D eigenvalue weighted by molar-refractivity contribution is 0.0827. The Morgan fingerprint density at radius 1 is 0.966 bits per heavy atom. The molecule has 0 aliphatic heterocycles. The Balaban J connectivity index is 2.13. The topological polar surface area (TPSA) is 40.5 Å². The van der Waals surface area contributed by atoms with Crippen molar-refractivity contribution in [2.75, 3.05) is 14.1 Å². The van der Waals surface area contributed by atoms with Crippen LogP contribution in [0.5, 0.6) is 0 Å². The van der Waals surface area contributed by atoms with Gasteiger partial charge in [0.05, 0.1) is 6.10 Å². The maximum atomic E-state index is 12.2. The molecule has 3 heteroatoms. The second-order valence-corrected chi connectivity index (χ2v) is 7.83. The standard InChI is InChI=1S/C26H35NO2/c1-4-5-6-7-11-14-24(25(28)20-15-21-12-9-8-10-13-21)22-16-18-23(19-17-22)26(29)27(2)3/h8-10,12-14,16-19,25,28H,4-7,11,15,20H2,1-3H3. The van der Waals surface area contributed by atoms with Gasteiger partial charge in [-0.25, -0.2) is 0 Å². The van der Waals surface area contributed by atoms with Crippen LogP contribution in [0.2, 0.25) is 0 Å². The van der Waals surface area contributed by atoms with Crippen LogP contribution in [0, 0.1) is 0 Å². The van der Waals surface area contributed by atoms with E-state index in [0.717, 1.165) is 30.4 Å². The molecule has 1 atom stereocenters. The minimum absolute atomic E-state index is 0.00808. The lowest BCUT2D eigenvalue weighted by Gasteiger charge is -2.17. The zero-order valence-electron chi connectivity index (χ0n) is 18.1. The number of hydrogen-bond donors (Lipinski definition) is 1. The fraction of sp³-hybridized carbons (Fsp3) is 0.423.